The third-order valence-electron chi connectivity index (χ3n) is 4.59. The van der Waals surface area contributed by atoms with Crippen LogP contribution >= 0.6 is 11.6 Å². The number of anilines is 1. The van der Waals surface area contributed by atoms with Gasteiger partial charge in [-0.15, -0.1) is 6.42 Å². The minimum atomic E-state index is -0.101. The highest BCUT2D eigenvalue weighted by Gasteiger charge is 2.21. The molecule has 1 aromatic carbocycles. The van der Waals surface area contributed by atoms with Crippen LogP contribution in [-0.4, -0.2) is 55.8 Å². The molecule has 0 radical (unpaired) electrons. The van der Waals surface area contributed by atoms with Gasteiger partial charge in [0.1, 0.15) is 12.4 Å². The number of hydrogen-bond acceptors (Lipinski definition) is 5. The van der Waals surface area contributed by atoms with E-state index in [9.17, 15) is 4.79 Å². The molecule has 29 heavy (non-hydrogen) atoms. The quantitative estimate of drug-likeness (QED) is 0.736. The number of ether oxygens (including phenoxy) is 2. The van der Waals surface area contributed by atoms with Crippen LogP contribution in [0.5, 0.6) is 11.5 Å². The average molecular weight is 415 g/mol. The molecule has 0 saturated carbocycles. The number of halogens is 1. The summed E-state index contributed by atoms with van der Waals surface area (Å²) in [6.07, 6.45) is 6.88. The van der Waals surface area contributed by atoms with Crippen molar-refractivity contribution in [2.75, 3.05) is 44.8 Å². The number of nitrogens with one attached hydrogen (secondary N) is 1. The Morgan fingerprint density at radius 3 is 2.69 bits per heavy atom. The van der Waals surface area contributed by atoms with Crippen LogP contribution in [0.25, 0.3) is 0 Å². The molecule has 2 amide bonds. The van der Waals surface area contributed by atoms with Crippen molar-refractivity contribution in [1.29, 1.82) is 0 Å². The summed E-state index contributed by atoms with van der Waals surface area (Å²) in [6, 6.07) is 9.11. The minimum Gasteiger partial charge on any atom is -0.493 e. The van der Waals surface area contributed by atoms with E-state index in [1.165, 1.54) is 0 Å². The molecule has 1 aromatic heterocycles. The fourth-order valence-electron chi connectivity index (χ4n) is 3.05. The van der Waals surface area contributed by atoms with Gasteiger partial charge in [-0.2, -0.15) is 0 Å². The van der Waals surface area contributed by atoms with Gasteiger partial charge < -0.3 is 24.6 Å². The number of methoxy groups -OCH3 is 1. The Morgan fingerprint density at radius 2 is 2.03 bits per heavy atom. The Bertz CT molecular complexity index is 874. The molecule has 0 bridgehead atoms. The van der Waals surface area contributed by atoms with E-state index in [1.54, 1.807) is 24.3 Å². The molecule has 7 nitrogen and oxygen atoms in total. The number of pyridine rings is 1. The van der Waals surface area contributed by atoms with Crippen LogP contribution in [0.1, 0.15) is 5.56 Å². The van der Waals surface area contributed by atoms with E-state index in [4.69, 9.17) is 27.5 Å². The number of piperazine rings is 1. The van der Waals surface area contributed by atoms with E-state index >= 15 is 0 Å². The highest BCUT2D eigenvalue weighted by molar-refractivity contribution is 6.30. The number of urea groups is 1. The third-order valence-corrected chi connectivity index (χ3v) is 4.81. The first-order valence-corrected chi connectivity index (χ1v) is 9.61. The van der Waals surface area contributed by atoms with E-state index in [0.717, 1.165) is 11.4 Å². The lowest BCUT2D eigenvalue weighted by Gasteiger charge is -2.35. The Morgan fingerprint density at radius 1 is 1.24 bits per heavy atom. The van der Waals surface area contributed by atoms with E-state index in [1.807, 2.05) is 24.3 Å². The molecule has 1 N–H and O–H groups in total. The second-order valence-corrected chi connectivity index (χ2v) is 6.88. The second-order valence-electron chi connectivity index (χ2n) is 6.45. The highest BCUT2D eigenvalue weighted by Crippen LogP contribution is 2.28. The molecule has 8 heteroatoms. The summed E-state index contributed by atoms with van der Waals surface area (Å²) >= 11 is 5.89. The number of benzene rings is 1. The molecule has 0 atom stereocenters. The number of amides is 2. The molecule has 0 unspecified atom stereocenters. The molecule has 2 aromatic rings. The molecule has 1 aliphatic heterocycles. The Kier molecular flexibility index (Phi) is 7.04. The van der Waals surface area contributed by atoms with Crippen molar-refractivity contribution in [3.63, 3.8) is 0 Å². The molecular formula is C21H23ClN4O3. The summed E-state index contributed by atoms with van der Waals surface area (Å²) < 4.78 is 10.8. The lowest BCUT2D eigenvalue weighted by atomic mass is 10.2. The van der Waals surface area contributed by atoms with Gasteiger partial charge in [0.05, 0.1) is 12.1 Å². The summed E-state index contributed by atoms with van der Waals surface area (Å²) in [6.45, 7) is 3.21. The fourth-order valence-corrected chi connectivity index (χ4v) is 3.16. The van der Waals surface area contributed by atoms with Crippen LogP contribution in [0, 0.1) is 12.3 Å². The van der Waals surface area contributed by atoms with Gasteiger partial charge in [0.2, 0.25) is 0 Å². The molecule has 152 valence electrons. The Labute approximate surface area is 175 Å². The summed E-state index contributed by atoms with van der Waals surface area (Å²) in [4.78, 5) is 20.8. The Balaban J connectivity index is 1.51. The molecule has 0 spiro atoms. The largest absolute Gasteiger partial charge is 0.493 e. The number of hydrogen-bond donors (Lipinski definition) is 1. The van der Waals surface area contributed by atoms with Crippen molar-refractivity contribution >= 4 is 23.4 Å². The summed E-state index contributed by atoms with van der Waals surface area (Å²) in [5, 5.41) is 3.56. The number of aromatic nitrogens is 1. The Hall–Kier alpha value is -3.11. The predicted octanol–water partition coefficient (Wildman–Crippen LogP) is 2.79. The molecule has 2 heterocycles. The number of carbonyl (C=O) groups excluding carboxylic acids is 1. The molecule has 1 aliphatic rings. The van der Waals surface area contributed by atoms with Gasteiger partial charge in [0.25, 0.3) is 0 Å². The predicted molar refractivity (Wildman–Crippen MR) is 113 cm³/mol. The van der Waals surface area contributed by atoms with Crippen molar-refractivity contribution in [3.8, 4) is 23.8 Å². The summed E-state index contributed by atoms with van der Waals surface area (Å²) in [5.41, 5.74) is 0.898. The summed E-state index contributed by atoms with van der Waals surface area (Å²) in [5.74, 6) is 4.45. The maximum Gasteiger partial charge on any atom is 0.317 e. The maximum absolute atomic E-state index is 12.5. The van der Waals surface area contributed by atoms with Gasteiger partial charge in [0, 0.05) is 38.9 Å². The van der Waals surface area contributed by atoms with Crippen molar-refractivity contribution in [3.05, 3.63) is 47.1 Å². The zero-order valence-corrected chi connectivity index (χ0v) is 17.0. The molecule has 0 aliphatic carbocycles. The monoisotopic (exact) mass is 414 g/mol. The SMILES string of the molecule is C#CCOc1cc(CNC(=O)N2CCN(c3ccc(Cl)cn3)CC2)ccc1OC. The molecule has 1 saturated heterocycles. The maximum atomic E-state index is 12.5. The first-order valence-electron chi connectivity index (χ1n) is 9.23. The van der Waals surface area contributed by atoms with Crippen molar-refractivity contribution in [2.24, 2.45) is 0 Å². The first kappa shape index (κ1) is 20.6. The summed E-state index contributed by atoms with van der Waals surface area (Å²) in [7, 11) is 1.57. The van der Waals surface area contributed by atoms with Crippen LogP contribution in [0.15, 0.2) is 36.5 Å². The van der Waals surface area contributed by atoms with Crippen LogP contribution in [-0.2, 0) is 6.54 Å². The van der Waals surface area contributed by atoms with Crippen LogP contribution in [0.4, 0.5) is 10.6 Å². The fraction of sp³-hybridized carbons (Fsp3) is 0.333. The topological polar surface area (TPSA) is 66.9 Å². The molecule has 3 rings (SSSR count). The second kappa shape index (κ2) is 9.89. The number of carbonyl (C=O) groups is 1. The van der Waals surface area contributed by atoms with Crippen molar-refractivity contribution in [2.45, 2.75) is 6.54 Å². The van der Waals surface area contributed by atoms with Gasteiger partial charge in [-0.05, 0) is 29.8 Å². The van der Waals surface area contributed by atoms with Gasteiger partial charge in [-0.25, -0.2) is 9.78 Å². The zero-order valence-electron chi connectivity index (χ0n) is 16.2. The van der Waals surface area contributed by atoms with E-state index in [2.05, 4.69) is 21.1 Å². The van der Waals surface area contributed by atoms with E-state index < -0.39 is 0 Å². The van der Waals surface area contributed by atoms with Gasteiger partial charge in [0.15, 0.2) is 11.5 Å². The number of terminal acetylenes is 1. The van der Waals surface area contributed by atoms with Crippen molar-refractivity contribution in [1.82, 2.24) is 15.2 Å². The van der Waals surface area contributed by atoms with Crippen molar-refractivity contribution < 1.29 is 14.3 Å². The average Bonchev–Trinajstić information content (AvgIpc) is 2.76. The van der Waals surface area contributed by atoms with E-state index in [-0.39, 0.29) is 12.6 Å². The standard InChI is InChI=1S/C21H23ClN4O3/c1-3-12-29-19-13-16(4-6-18(19)28-2)14-24-21(27)26-10-8-25(9-11-26)20-7-5-17(22)15-23-20/h1,4-7,13,15H,8-12,14H2,2H3,(H,24,27). The van der Waals surface area contributed by atoms with Crippen LogP contribution < -0.4 is 19.7 Å². The lowest BCUT2D eigenvalue weighted by Crippen LogP contribution is -2.51. The smallest absolute Gasteiger partial charge is 0.317 e. The lowest BCUT2D eigenvalue weighted by molar-refractivity contribution is 0.194. The van der Waals surface area contributed by atoms with Gasteiger partial charge in [-0.3, -0.25) is 0 Å². The normalized spacial score (nSPS) is 13.6. The van der Waals surface area contributed by atoms with Crippen LogP contribution in [0.2, 0.25) is 5.02 Å². The van der Waals surface area contributed by atoms with Gasteiger partial charge >= 0.3 is 6.03 Å². The third kappa shape index (κ3) is 5.46. The number of rotatable bonds is 6. The van der Waals surface area contributed by atoms with E-state index in [0.29, 0.717) is 49.2 Å². The zero-order chi connectivity index (χ0) is 20.6. The highest BCUT2D eigenvalue weighted by atomic mass is 35.5. The first-order chi connectivity index (χ1) is 14.1. The van der Waals surface area contributed by atoms with Crippen LogP contribution in [0.3, 0.4) is 0 Å². The van der Waals surface area contributed by atoms with Gasteiger partial charge in [-0.1, -0.05) is 23.6 Å². The molecular weight excluding hydrogens is 392 g/mol. The molecule has 1 fully saturated rings. The number of nitrogens with zero attached hydrogens (tertiary/aromatic N) is 3. The minimum absolute atomic E-state index is 0.101.